The molecular formula is C20H22N4O3. The number of aryl methyl sites for hydroxylation is 2. The third-order valence-corrected chi connectivity index (χ3v) is 4.97. The Kier molecular flexibility index (Phi) is 4.75. The maximum absolute atomic E-state index is 12.4. The second-order valence-electron chi connectivity index (χ2n) is 7.06. The zero-order valence-corrected chi connectivity index (χ0v) is 15.3. The molecular weight excluding hydrogens is 344 g/mol. The number of rotatable bonds is 4. The third-order valence-electron chi connectivity index (χ3n) is 4.97. The van der Waals surface area contributed by atoms with Gasteiger partial charge in [0.15, 0.2) is 0 Å². The number of hydrogen-bond acceptors (Lipinski definition) is 5. The summed E-state index contributed by atoms with van der Waals surface area (Å²) in [6.45, 7) is 3.66. The summed E-state index contributed by atoms with van der Waals surface area (Å²) in [5, 5.41) is 4.85. The number of hydrogen-bond donors (Lipinski definition) is 1. The van der Waals surface area contributed by atoms with Gasteiger partial charge in [-0.15, -0.1) is 0 Å². The minimum Gasteiger partial charge on any atom is -0.343 e. The van der Waals surface area contributed by atoms with Crippen LogP contribution in [0, 0.1) is 6.92 Å². The molecule has 0 spiro atoms. The van der Waals surface area contributed by atoms with Crippen LogP contribution < -0.4 is 5.56 Å². The molecule has 0 unspecified atom stereocenters. The second-order valence-corrected chi connectivity index (χ2v) is 7.06. The molecule has 7 heteroatoms. The van der Waals surface area contributed by atoms with E-state index in [0.29, 0.717) is 24.3 Å². The minimum absolute atomic E-state index is 0.119. The van der Waals surface area contributed by atoms with Gasteiger partial charge in [0.25, 0.3) is 5.56 Å². The molecule has 0 saturated carbocycles. The summed E-state index contributed by atoms with van der Waals surface area (Å²) in [5.74, 6) is 0.743. The zero-order valence-electron chi connectivity index (χ0n) is 15.3. The number of amides is 1. The standard InChI is InChI=1S/C20H22N4O3/c1-13-5-6-16-14(11-13)12-15(20(26)21-16)19-22-17(27-23-19)7-8-18(25)24-9-3-2-4-10-24/h5-6,11-12H,2-4,7-10H2,1H3,(H,21,26). The molecule has 0 aliphatic carbocycles. The molecule has 27 heavy (non-hydrogen) atoms. The van der Waals surface area contributed by atoms with Crippen molar-refractivity contribution in [2.75, 3.05) is 13.1 Å². The maximum atomic E-state index is 12.4. The van der Waals surface area contributed by atoms with Crippen LogP contribution in [0.1, 0.15) is 37.1 Å². The molecule has 1 amide bonds. The van der Waals surface area contributed by atoms with Gasteiger partial charge in [-0.1, -0.05) is 16.8 Å². The number of fused-ring (bicyclic) bond motifs is 1. The first-order valence-corrected chi connectivity index (χ1v) is 9.34. The molecule has 1 saturated heterocycles. The molecule has 0 bridgehead atoms. The Bertz CT molecular complexity index is 1030. The SMILES string of the molecule is Cc1ccc2[nH]c(=O)c(-c3noc(CCC(=O)N4CCCCC4)n3)cc2c1. The Morgan fingerprint density at radius 2 is 2.04 bits per heavy atom. The summed E-state index contributed by atoms with van der Waals surface area (Å²) in [7, 11) is 0. The highest BCUT2D eigenvalue weighted by Gasteiger charge is 2.18. The van der Waals surface area contributed by atoms with Gasteiger partial charge in [0, 0.05) is 31.4 Å². The molecule has 1 aliphatic heterocycles. The molecule has 3 heterocycles. The van der Waals surface area contributed by atoms with Crippen molar-refractivity contribution in [1.29, 1.82) is 0 Å². The van der Waals surface area contributed by atoms with Crippen LogP contribution >= 0.6 is 0 Å². The Balaban J connectivity index is 1.50. The van der Waals surface area contributed by atoms with Gasteiger partial charge in [0.05, 0.1) is 5.56 Å². The van der Waals surface area contributed by atoms with E-state index in [1.165, 1.54) is 6.42 Å². The molecule has 2 aromatic heterocycles. The van der Waals surface area contributed by atoms with E-state index in [2.05, 4.69) is 15.1 Å². The number of carbonyl (C=O) groups excluding carboxylic acids is 1. The molecule has 1 aliphatic rings. The van der Waals surface area contributed by atoms with E-state index in [-0.39, 0.29) is 17.3 Å². The van der Waals surface area contributed by atoms with Crippen LogP contribution in [-0.4, -0.2) is 39.0 Å². The fourth-order valence-electron chi connectivity index (χ4n) is 3.47. The number of aromatic nitrogens is 3. The van der Waals surface area contributed by atoms with Gasteiger partial charge in [-0.25, -0.2) is 0 Å². The summed E-state index contributed by atoms with van der Waals surface area (Å²) in [6.07, 6.45) is 4.06. The van der Waals surface area contributed by atoms with E-state index in [1.54, 1.807) is 6.07 Å². The summed E-state index contributed by atoms with van der Waals surface area (Å²) in [5.41, 5.74) is 1.98. The predicted molar refractivity (Wildman–Crippen MR) is 101 cm³/mol. The number of nitrogens with zero attached hydrogens (tertiary/aromatic N) is 3. The fourth-order valence-corrected chi connectivity index (χ4v) is 3.47. The van der Waals surface area contributed by atoms with Crippen LogP contribution in [0.5, 0.6) is 0 Å². The van der Waals surface area contributed by atoms with Crippen LogP contribution in [0.15, 0.2) is 33.6 Å². The van der Waals surface area contributed by atoms with Gasteiger partial charge < -0.3 is 14.4 Å². The van der Waals surface area contributed by atoms with Crippen molar-refractivity contribution in [3.8, 4) is 11.4 Å². The van der Waals surface area contributed by atoms with Crippen LogP contribution in [0.25, 0.3) is 22.3 Å². The molecule has 7 nitrogen and oxygen atoms in total. The molecule has 1 aromatic carbocycles. The third kappa shape index (κ3) is 3.77. The van der Waals surface area contributed by atoms with Gasteiger partial charge in [-0.05, 0) is 49.8 Å². The molecule has 4 rings (SSSR count). The van der Waals surface area contributed by atoms with Gasteiger partial charge in [-0.2, -0.15) is 4.98 Å². The van der Waals surface area contributed by atoms with E-state index in [1.807, 2.05) is 30.0 Å². The van der Waals surface area contributed by atoms with Crippen molar-refractivity contribution in [1.82, 2.24) is 20.0 Å². The highest BCUT2D eigenvalue weighted by molar-refractivity contribution is 5.83. The highest BCUT2D eigenvalue weighted by Crippen LogP contribution is 2.19. The zero-order chi connectivity index (χ0) is 18.8. The first-order valence-electron chi connectivity index (χ1n) is 9.34. The molecule has 1 fully saturated rings. The Hall–Kier alpha value is -2.96. The summed E-state index contributed by atoms with van der Waals surface area (Å²) in [4.78, 5) is 33.7. The molecule has 0 radical (unpaired) electrons. The van der Waals surface area contributed by atoms with E-state index in [0.717, 1.165) is 42.4 Å². The average molecular weight is 366 g/mol. The lowest BCUT2D eigenvalue weighted by Gasteiger charge is -2.26. The lowest BCUT2D eigenvalue weighted by molar-refractivity contribution is -0.132. The number of likely N-dealkylation sites (tertiary alicyclic amines) is 1. The molecule has 1 N–H and O–H groups in total. The molecule has 140 valence electrons. The van der Waals surface area contributed by atoms with E-state index >= 15 is 0 Å². The lowest BCUT2D eigenvalue weighted by Crippen LogP contribution is -2.35. The first-order chi connectivity index (χ1) is 13.1. The normalized spacial score (nSPS) is 14.6. The largest absolute Gasteiger partial charge is 0.343 e. The number of nitrogens with one attached hydrogen (secondary N) is 1. The van der Waals surface area contributed by atoms with E-state index < -0.39 is 0 Å². The monoisotopic (exact) mass is 366 g/mol. The van der Waals surface area contributed by atoms with Gasteiger partial charge in [0.2, 0.25) is 17.6 Å². The lowest BCUT2D eigenvalue weighted by atomic mass is 10.1. The number of benzene rings is 1. The predicted octanol–water partition coefficient (Wildman–Crippen LogP) is 2.83. The smallest absolute Gasteiger partial charge is 0.259 e. The van der Waals surface area contributed by atoms with Crippen LogP contribution in [-0.2, 0) is 11.2 Å². The number of pyridine rings is 1. The topological polar surface area (TPSA) is 92.1 Å². The molecule has 3 aromatic rings. The van der Waals surface area contributed by atoms with Crippen molar-refractivity contribution in [2.24, 2.45) is 0 Å². The van der Waals surface area contributed by atoms with Crippen molar-refractivity contribution >= 4 is 16.8 Å². The number of H-pyrrole nitrogens is 1. The van der Waals surface area contributed by atoms with Gasteiger partial charge in [0.1, 0.15) is 0 Å². The highest BCUT2D eigenvalue weighted by atomic mass is 16.5. The minimum atomic E-state index is -0.261. The summed E-state index contributed by atoms with van der Waals surface area (Å²) in [6, 6.07) is 7.59. The van der Waals surface area contributed by atoms with E-state index in [9.17, 15) is 9.59 Å². The quantitative estimate of drug-likeness (QED) is 0.766. The van der Waals surface area contributed by atoms with Crippen LogP contribution in [0.3, 0.4) is 0 Å². The van der Waals surface area contributed by atoms with Crippen molar-refractivity contribution in [3.05, 3.63) is 46.1 Å². The average Bonchev–Trinajstić information content (AvgIpc) is 3.15. The number of piperidine rings is 1. The van der Waals surface area contributed by atoms with Crippen molar-refractivity contribution in [3.63, 3.8) is 0 Å². The Morgan fingerprint density at radius 1 is 1.22 bits per heavy atom. The second kappa shape index (κ2) is 7.34. The Morgan fingerprint density at radius 3 is 2.85 bits per heavy atom. The fraction of sp³-hybridized carbons (Fsp3) is 0.400. The van der Waals surface area contributed by atoms with Gasteiger partial charge >= 0.3 is 0 Å². The van der Waals surface area contributed by atoms with Crippen LogP contribution in [0.2, 0.25) is 0 Å². The number of carbonyl (C=O) groups is 1. The van der Waals surface area contributed by atoms with E-state index in [4.69, 9.17) is 4.52 Å². The maximum Gasteiger partial charge on any atom is 0.259 e. The van der Waals surface area contributed by atoms with Crippen molar-refractivity contribution in [2.45, 2.75) is 39.0 Å². The van der Waals surface area contributed by atoms with Crippen LogP contribution in [0.4, 0.5) is 0 Å². The Labute approximate surface area is 156 Å². The number of aromatic amines is 1. The summed E-state index contributed by atoms with van der Waals surface area (Å²) < 4.78 is 5.26. The first kappa shape index (κ1) is 17.5. The summed E-state index contributed by atoms with van der Waals surface area (Å²) >= 11 is 0. The molecule has 0 atom stereocenters. The van der Waals surface area contributed by atoms with Gasteiger partial charge in [-0.3, -0.25) is 9.59 Å². The van der Waals surface area contributed by atoms with Crippen molar-refractivity contribution < 1.29 is 9.32 Å².